The molecule has 2 aromatic rings. The van der Waals surface area contributed by atoms with Gasteiger partial charge in [-0.1, -0.05) is 30.3 Å². The number of phenolic OH excluding ortho intramolecular Hbond substituents is 1. The highest BCUT2D eigenvalue weighted by Gasteiger charge is 2.54. The molecule has 0 aromatic heterocycles. The first-order chi connectivity index (χ1) is 15.7. The maximum atomic E-state index is 13.2. The number of rotatable bonds is 5. The van der Waals surface area contributed by atoms with E-state index < -0.39 is 5.60 Å². The Bertz CT molecular complexity index is 1010. The molecule has 0 unspecified atom stereocenters. The molecular weight excluding hydrogens is 420 g/mol. The van der Waals surface area contributed by atoms with Crippen molar-refractivity contribution in [2.45, 2.75) is 57.8 Å². The van der Waals surface area contributed by atoms with Crippen molar-refractivity contribution in [3.8, 4) is 11.5 Å². The highest BCUT2D eigenvalue weighted by molar-refractivity contribution is 5.80. The lowest BCUT2D eigenvalue weighted by atomic mass is 10.1. The van der Waals surface area contributed by atoms with Crippen molar-refractivity contribution < 1.29 is 24.2 Å². The summed E-state index contributed by atoms with van der Waals surface area (Å²) in [7, 11) is 0. The van der Waals surface area contributed by atoms with Crippen LogP contribution in [0, 0.1) is 0 Å². The Hall–Kier alpha value is -3.22. The summed E-state index contributed by atoms with van der Waals surface area (Å²) in [6.45, 7) is 7.37. The summed E-state index contributed by atoms with van der Waals surface area (Å²) in [5, 5.41) is 9.99. The number of aromatic hydroxyl groups is 1. The highest BCUT2D eigenvalue weighted by Crippen LogP contribution is 2.45. The largest absolute Gasteiger partial charge is 0.508 e. The third kappa shape index (κ3) is 5.59. The van der Waals surface area contributed by atoms with Crippen molar-refractivity contribution in [3.05, 3.63) is 59.7 Å². The summed E-state index contributed by atoms with van der Waals surface area (Å²) in [6, 6.07) is 14.6. The zero-order chi connectivity index (χ0) is 23.6. The van der Waals surface area contributed by atoms with Gasteiger partial charge in [-0.3, -0.25) is 9.69 Å². The Balaban J connectivity index is 1.41. The van der Waals surface area contributed by atoms with Crippen LogP contribution in [0.15, 0.2) is 48.5 Å². The summed E-state index contributed by atoms with van der Waals surface area (Å²) in [6.07, 6.45) is 1.55. The maximum absolute atomic E-state index is 13.2. The van der Waals surface area contributed by atoms with Crippen LogP contribution in [0.25, 0.3) is 0 Å². The molecule has 1 spiro atoms. The molecule has 1 aliphatic carbocycles. The lowest BCUT2D eigenvalue weighted by molar-refractivity contribution is -0.134. The average Bonchev–Trinajstić information content (AvgIpc) is 3.51. The Morgan fingerprint density at radius 2 is 1.79 bits per heavy atom. The van der Waals surface area contributed by atoms with Crippen LogP contribution in [0.3, 0.4) is 0 Å². The summed E-state index contributed by atoms with van der Waals surface area (Å²) >= 11 is 0. The molecule has 0 atom stereocenters. The van der Waals surface area contributed by atoms with Gasteiger partial charge in [-0.15, -0.1) is 0 Å². The zero-order valence-corrected chi connectivity index (χ0v) is 19.5. The summed E-state index contributed by atoms with van der Waals surface area (Å²) in [4.78, 5) is 29.5. The van der Waals surface area contributed by atoms with Gasteiger partial charge >= 0.3 is 6.09 Å². The second-order valence-corrected chi connectivity index (χ2v) is 9.91. The van der Waals surface area contributed by atoms with E-state index >= 15 is 0 Å². The number of benzene rings is 2. The van der Waals surface area contributed by atoms with Crippen LogP contribution in [-0.2, 0) is 22.6 Å². The molecule has 0 bridgehead atoms. The first kappa shape index (κ1) is 23.0. The normalized spacial score (nSPS) is 17.1. The van der Waals surface area contributed by atoms with E-state index in [2.05, 4.69) is 0 Å². The van der Waals surface area contributed by atoms with Crippen molar-refractivity contribution in [1.29, 1.82) is 0 Å². The fourth-order valence-electron chi connectivity index (χ4n) is 4.22. The van der Waals surface area contributed by atoms with E-state index in [1.54, 1.807) is 23.1 Å². The molecule has 2 fully saturated rings. The first-order valence-electron chi connectivity index (χ1n) is 11.4. The predicted octanol–water partition coefficient (Wildman–Crippen LogP) is 4.13. The second kappa shape index (κ2) is 8.96. The van der Waals surface area contributed by atoms with Crippen LogP contribution < -0.4 is 4.74 Å². The van der Waals surface area contributed by atoms with E-state index in [4.69, 9.17) is 9.47 Å². The highest BCUT2D eigenvalue weighted by atomic mass is 16.6. The van der Waals surface area contributed by atoms with E-state index in [0.29, 0.717) is 37.6 Å². The predicted molar refractivity (Wildman–Crippen MR) is 124 cm³/mol. The number of amides is 2. The molecule has 7 heteroatoms. The Morgan fingerprint density at radius 1 is 1.06 bits per heavy atom. The molecule has 176 valence electrons. The van der Waals surface area contributed by atoms with Gasteiger partial charge in [0.05, 0.1) is 12.0 Å². The Labute approximate surface area is 194 Å². The molecule has 2 aliphatic rings. The van der Waals surface area contributed by atoms with Gasteiger partial charge in [0.15, 0.2) is 0 Å². The van der Waals surface area contributed by atoms with Crippen LogP contribution in [0.4, 0.5) is 4.79 Å². The van der Waals surface area contributed by atoms with E-state index in [1.165, 1.54) is 0 Å². The molecule has 0 radical (unpaired) electrons. The minimum Gasteiger partial charge on any atom is -0.508 e. The number of nitrogens with zero attached hydrogens (tertiary/aromatic N) is 2. The van der Waals surface area contributed by atoms with Crippen molar-refractivity contribution in [3.63, 3.8) is 0 Å². The second-order valence-electron chi connectivity index (χ2n) is 9.91. The molecule has 1 aliphatic heterocycles. The minimum atomic E-state index is -0.550. The summed E-state index contributed by atoms with van der Waals surface area (Å²) in [5.41, 5.74) is 0.806. The van der Waals surface area contributed by atoms with Gasteiger partial charge in [0.2, 0.25) is 5.91 Å². The number of hydrogen-bond acceptors (Lipinski definition) is 5. The molecule has 2 aromatic carbocycles. The van der Waals surface area contributed by atoms with Gasteiger partial charge in [0, 0.05) is 25.2 Å². The number of ether oxygens (including phenoxy) is 2. The van der Waals surface area contributed by atoms with Gasteiger partial charge in [-0.25, -0.2) is 4.79 Å². The lowest BCUT2D eigenvalue weighted by Gasteiger charge is -2.42. The Morgan fingerprint density at radius 3 is 2.45 bits per heavy atom. The number of hydrogen-bond donors (Lipinski definition) is 1. The monoisotopic (exact) mass is 452 g/mol. The third-order valence-corrected chi connectivity index (χ3v) is 6.07. The molecular formula is C26H32N2O5. The van der Waals surface area contributed by atoms with Crippen LogP contribution in [0.2, 0.25) is 0 Å². The van der Waals surface area contributed by atoms with Crippen molar-refractivity contribution in [1.82, 2.24) is 9.80 Å². The SMILES string of the molecule is CC(C)(C)OC(=O)N1CCN(C(=O)Cc2cc(O)ccc2OCc2ccccc2)CC12CC2. The number of carbonyl (C=O) groups is 2. The summed E-state index contributed by atoms with van der Waals surface area (Å²) < 4.78 is 11.5. The summed E-state index contributed by atoms with van der Waals surface area (Å²) in [5.74, 6) is 0.636. The van der Waals surface area contributed by atoms with E-state index in [-0.39, 0.29) is 29.7 Å². The molecule has 1 N–H and O–H groups in total. The van der Waals surface area contributed by atoms with Crippen LogP contribution in [0.5, 0.6) is 11.5 Å². The fraction of sp³-hybridized carbons (Fsp3) is 0.462. The number of carbonyl (C=O) groups excluding carboxylic acids is 2. The maximum Gasteiger partial charge on any atom is 0.410 e. The van der Waals surface area contributed by atoms with Crippen LogP contribution in [-0.4, -0.2) is 57.7 Å². The van der Waals surface area contributed by atoms with Crippen molar-refractivity contribution >= 4 is 12.0 Å². The van der Waals surface area contributed by atoms with E-state index in [1.807, 2.05) is 56.0 Å². The number of phenols is 1. The average molecular weight is 453 g/mol. The number of piperazine rings is 1. The molecule has 1 saturated carbocycles. The third-order valence-electron chi connectivity index (χ3n) is 6.07. The Kier molecular flexibility index (Phi) is 6.23. The van der Waals surface area contributed by atoms with Crippen LogP contribution >= 0.6 is 0 Å². The quantitative estimate of drug-likeness (QED) is 0.738. The lowest BCUT2D eigenvalue weighted by Crippen LogP contribution is -2.59. The molecule has 1 saturated heterocycles. The van der Waals surface area contributed by atoms with Crippen molar-refractivity contribution in [2.24, 2.45) is 0 Å². The fourth-order valence-corrected chi connectivity index (χ4v) is 4.22. The standard InChI is InChI=1S/C26H32N2O5/c1-25(2,3)33-24(31)28-14-13-27(18-26(28)11-12-26)23(30)16-20-15-21(29)9-10-22(20)32-17-19-7-5-4-6-8-19/h4-10,15,29H,11-14,16-18H2,1-3H3. The van der Waals surface area contributed by atoms with Gasteiger partial charge < -0.3 is 19.5 Å². The molecule has 7 nitrogen and oxygen atoms in total. The zero-order valence-electron chi connectivity index (χ0n) is 19.5. The van der Waals surface area contributed by atoms with Gasteiger partial charge in [-0.05, 0) is 57.4 Å². The smallest absolute Gasteiger partial charge is 0.410 e. The minimum absolute atomic E-state index is 0.0414. The van der Waals surface area contributed by atoms with Gasteiger partial charge in [0.1, 0.15) is 23.7 Å². The molecule has 4 rings (SSSR count). The van der Waals surface area contributed by atoms with Crippen molar-refractivity contribution in [2.75, 3.05) is 19.6 Å². The topological polar surface area (TPSA) is 79.3 Å². The van der Waals surface area contributed by atoms with Gasteiger partial charge in [-0.2, -0.15) is 0 Å². The molecule has 1 heterocycles. The molecule has 2 amide bonds. The van der Waals surface area contributed by atoms with E-state index in [0.717, 1.165) is 18.4 Å². The van der Waals surface area contributed by atoms with Gasteiger partial charge in [0.25, 0.3) is 0 Å². The van der Waals surface area contributed by atoms with E-state index in [9.17, 15) is 14.7 Å². The van der Waals surface area contributed by atoms with Crippen LogP contribution in [0.1, 0.15) is 44.7 Å². The first-order valence-corrected chi connectivity index (χ1v) is 11.4. The molecule has 33 heavy (non-hydrogen) atoms.